The van der Waals surface area contributed by atoms with Gasteiger partial charge in [-0.05, 0) is 36.2 Å². The number of aryl methyl sites for hydroxylation is 1. The number of hydrogen-bond donors (Lipinski definition) is 1. The van der Waals surface area contributed by atoms with Crippen LogP contribution in [-0.2, 0) is 0 Å². The van der Waals surface area contributed by atoms with Gasteiger partial charge in [0.25, 0.3) is 0 Å². The van der Waals surface area contributed by atoms with Gasteiger partial charge in [-0.2, -0.15) is 0 Å². The second-order valence-corrected chi connectivity index (χ2v) is 4.19. The molecule has 0 saturated carbocycles. The van der Waals surface area contributed by atoms with Crippen LogP contribution in [-0.4, -0.2) is 17.1 Å². The summed E-state index contributed by atoms with van der Waals surface area (Å²) in [5.41, 5.74) is 2.61. The number of aromatic nitrogens is 2. The Hall–Kier alpha value is -1.19. The highest BCUT2D eigenvalue weighted by Gasteiger charge is 2.12. The highest BCUT2D eigenvalue weighted by Crippen LogP contribution is 2.34. The highest BCUT2D eigenvalue weighted by atomic mass is 35.5. The summed E-state index contributed by atoms with van der Waals surface area (Å²) in [4.78, 5) is 6.88. The minimum atomic E-state index is 0.342. The minimum absolute atomic E-state index is 0.342. The van der Waals surface area contributed by atoms with Gasteiger partial charge in [0.1, 0.15) is 5.75 Å². The first-order chi connectivity index (χ1) is 7.61. The molecular formula is C11H10Cl2N2O. The number of hydrogen-bond acceptors (Lipinski definition) is 2. The summed E-state index contributed by atoms with van der Waals surface area (Å²) in [6.45, 7) is 1.94. The van der Waals surface area contributed by atoms with Gasteiger partial charge in [0.05, 0.1) is 19.0 Å². The van der Waals surface area contributed by atoms with Gasteiger partial charge < -0.3 is 9.72 Å². The Labute approximate surface area is 103 Å². The van der Waals surface area contributed by atoms with Gasteiger partial charge in [-0.3, -0.25) is 0 Å². The maximum Gasteiger partial charge on any atom is 0.200 e. The molecule has 5 heteroatoms. The molecular weight excluding hydrogens is 247 g/mol. The molecule has 0 aliphatic carbocycles. The molecule has 0 radical (unpaired) electrons. The zero-order chi connectivity index (χ0) is 11.7. The van der Waals surface area contributed by atoms with Gasteiger partial charge in [-0.15, -0.1) is 0 Å². The van der Waals surface area contributed by atoms with Crippen molar-refractivity contribution in [2.24, 2.45) is 0 Å². The first-order valence-corrected chi connectivity index (χ1v) is 5.42. The van der Waals surface area contributed by atoms with Crippen LogP contribution in [0.3, 0.4) is 0 Å². The molecule has 0 spiro atoms. The maximum atomic E-state index is 6.01. The van der Waals surface area contributed by atoms with E-state index in [1.807, 2.05) is 19.1 Å². The second kappa shape index (κ2) is 4.36. The van der Waals surface area contributed by atoms with Crippen LogP contribution in [0.15, 0.2) is 18.3 Å². The fourth-order valence-corrected chi connectivity index (χ4v) is 2.06. The molecule has 1 heterocycles. The molecule has 0 saturated heterocycles. The highest BCUT2D eigenvalue weighted by molar-refractivity contribution is 6.31. The molecule has 16 heavy (non-hydrogen) atoms. The maximum absolute atomic E-state index is 6.01. The molecule has 0 bridgehead atoms. The summed E-state index contributed by atoms with van der Waals surface area (Å²) in [5.74, 6) is 0.768. The van der Waals surface area contributed by atoms with Crippen LogP contribution < -0.4 is 4.74 Å². The standard InChI is InChI=1S/C11H10Cl2N2O/c1-6-3-7(12)4-8(10(6)16-2)9-5-14-11(13)15-9/h3-5H,1-2H3,(H,14,15). The quantitative estimate of drug-likeness (QED) is 0.890. The largest absolute Gasteiger partial charge is 0.496 e. The third kappa shape index (κ3) is 2.01. The van der Waals surface area contributed by atoms with Crippen molar-refractivity contribution < 1.29 is 4.74 Å². The number of nitrogens with one attached hydrogen (secondary N) is 1. The van der Waals surface area contributed by atoms with Gasteiger partial charge >= 0.3 is 0 Å². The van der Waals surface area contributed by atoms with Gasteiger partial charge in [0.15, 0.2) is 5.28 Å². The first kappa shape index (κ1) is 11.3. The molecule has 1 aromatic carbocycles. The van der Waals surface area contributed by atoms with Crippen LogP contribution in [0.1, 0.15) is 5.56 Å². The van der Waals surface area contributed by atoms with E-state index in [0.717, 1.165) is 22.6 Å². The minimum Gasteiger partial charge on any atom is -0.496 e. The number of methoxy groups -OCH3 is 1. The van der Waals surface area contributed by atoms with Crippen molar-refractivity contribution in [3.8, 4) is 17.0 Å². The molecule has 2 aromatic rings. The second-order valence-electron chi connectivity index (χ2n) is 3.39. The lowest BCUT2D eigenvalue weighted by molar-refractivity contribution is 0.413. The van der Waals surface area contributed by atoms with E-state index in [2.05, 4.69) is 9.97 Å². The van der Waals surface area contributed by atoms with Crippen LogP contribution in [0.2, 0.25) is 10.3 Å². The van der Waals surface area contributed by atoms with E-state index >= 15 is 0 Å². The summed E-state index contributed by atoms with van der Waals surface area (Å²) < 4.78 is 5.35. The lowest BCUT2D eigenvalue weighted by Crippen LogP contribution is -1.91. The normalized spacial score (nSPS) is 10.5. The Bertz CT molecular complexity index is 523. The molecule has 2 rings (SSSR count). The topological polar surface area (TPSA) is 37.9 Å². The molecule has 3 nitrogen and oxygen atoms in total. The van der Waals surface area contributed by atoms with Crippen LogP contribution in [0.25, 0.3) is 11.3 Å². The third-order valence-electron chi connectivity index (χ3n) is 2.28. The van der Waals surface area contributed by atoms with Gasteiger partial charge in [0.2, 0.25) is 0 Å². The summed E-state index contributed by atoms with van der Waals surface area (Å²) >= 11 is 11.8. The molecule has 0 unspecified atom stereocenters. The van der Waals surface area contributed by atoms with Crippen LogP contribution in [0.4, 0.5) is 0 Å². The van der Waals surface area contributed by atoms with E-state index in [4.69, 9.17) is 27.9 Å². The van der Waals surface area contributed by atoms with Gasteiger partial charge in [0, 0.05) is 10.6 Å². The number of benzene rings is 1. The molecule has 1 aromatic heterocycles. The van der Waals surface area contributed by atoms with Crippen LogP contribution in [0, 0.1) is 6.92 Å². The number of ether oxygens (including phenoxy) is 1. The van der Waals surface area contributed by atoms with E-state index in [1.165, 1.54) is 0 Å². The molecule has 0 atom stereocenters. The molecule has 0 aliphatic heterocycles. The van der Waals surface area contributed by atoms with Crippen molar-refractivity contribution in [1.29, 1.82) is 0 Å². The zero-order valence-corrected chi connectivity index (χ0v) is 10.4. The average Bonchev–Trinajstić information content (AvgIpc) is 2.63. The van der Waals surface area contributed by atoms with Crippen LogP contribution >= 0.6 is 23.2 Å². The number of aromatic amines is 1. The number of rotatable bonds is 2. The molecule has 0 amide bonds. The molecule has 1 N–H and O–H groups in total. The van der Waals surface area contributed by atoms with Crippen LogP contribution in [0.5, 0.6) is 5.75 Å². The summed E-state index contributed by atoms with van der Waals surface area (Å²) in [7, 11) is 1.62. The van der Waals surface area contributed by atoms with Gasteiger partial charge in [-0.25, -0.2) is 4.98 Å². The van der Waals surface area contributed by atoms with Crippen molar-refractivity contribution in [2.75, 3.05) is 7.11 Å². The SMILES string of the molecule is COc1c(C)cc(Cl)cc1-c1cnc(Cl)[nH]1. The van der Waals surface area contributed by atoms with Crippen molar-refractivity contribution in [2.45, 2.75) is 6.92 Å². The summed E-state index contributed by atoms with van der Waals surface area (Å²) in [5, 5.41) is 0.994. The van der Waals surface area contributed by atoms with E-state index < -0.39 is 0 Å². The van der Waals surface area contributed by atoms with E-state index in [-0.39, 0.29) is 0 Å². The Balaban J connectivity index is 2.63. The van der Waals surface area contributed by atoms with Crippen molar-refractivity contribution in [1.82, 2.24) is 9.97 Å². The molecule has 0 aliphatic rings. The Morgan fingerprint density at radius 2 is 2.06 bits per heavy atom. The Morgan fingerprint density at radius 1 is 1.31 bits per heavy atom. The van der Waals surface area contributed by atoms with Crippen molar-refractivity contribution in [3.63, 3.8) is 0 Å². The molecule has 0 fully saturated rings. The number of halogens is 2. The average molecular weight is 257 g/mol. The van der Waals surface area contributed by atoms with Crippen molar-refractivity contribution >= 4 is 23.2 Å². The summed E-state index contributed by atoms with van der Waals surface area (Å²) in [6.07, 6.45) is 1.65. The van der Waals surface area contributed by atoms with E-state index in [9.17, 15) is 0 Å². The fourth-order valence-electron chi connectivity index (χ4n) is 1.63. The predicted molar refractivity (Wildman–Crippen MR) is 65.3 cm³/mol. The zero-order valence-electron chi connectivity index (χ0n) is 8.84. The van der Waals surface area contributed by atoms with Crippen molar-refractivity contribution in [3.05, 3.63) is 34.2 Å². The smallest absolute Gasteiger partial charge is 0.200 e. The predicted octanol–water partition coefficient (Wildman–Crippen LogP) is 3.70. The van der Waals surface area contributed by atoms with Gasteiger partial charge in [-0.1, -0.05) is 11.6 Å². The Kier molecular flexibility index (Phi) is 3.08. The Morgan fingerprint density at radius 3 is 2.62 bits per heavy atom. The number of nitrogens with zero attached hydrogens (tertiary/aromatic N) is 1. The lowest BCUT2D eigenvalue weighted by atomic mass is 10.1. The van der Waals surface area contributed by atoms with E-state index in [0.29, 0.717) is 10.3 Å². The fraction of sp³-hybridized carbons (Fsp3) is 0.182. The number of H-pyrrole nitrogens is 1. The summed E-state index contributed by atoms with van der Waals surface area (Å²) in [6, 6.07) is 3.67. The first-order valence-electron chi connectivity index (χ1n) is 4.67. The third-order valence-corrected chi connectivity index (χ3v) is 2.69. The monoisotopic (exact) mass is 256 g/mol. The number of imidazole rings is 1. The lowest BCUT2D eigenvalue weighted by Gasteiger charge is -2.10. The van der Waals surface area contributed by atoms with E-state index in [1.54, 1.807) is 13.3 Å². The molecule has 84 valence electrons.